The molecule has 4 nitrogen and oxygen atoms in total. The monoisotopic (exact) mass is 513 g/mol. The van der Waals surface area contributed by atoms with Crippen molar-refractivity contribution in [3.05, 3.63) is 75.8 Å². The maximum atomic E-state index is 12.9. The number of likely N-dealkylation sites (tertiary alicyclic amines) is 1. The van der Waals surface area contributed by atoms with Crippen molar-refractivity contribution in [2.75, 3.05) is 50.7 Å². The number of piperidine rings is 1. The lowest BCUT2D eigenvalue weighted by molar-refractivity contribution is -0.128. The normalized spacial score (nSPS) is 21.1. The summed E-state index contributed by atoms with van der Waals surface area (Å²) < 4.78 is 0. The number of piperazine rings is 1. The van der Waals surface area contributed by atoms with E-state index in [2.05, 4.69) is 46.2 Å². The Morgan fingerprint density at radius 3 is 2.40 bits per heavy atom. The standard InChI is InChI=1S/C29H37Cl2N3O/c1-23(2)20-28(35)34-15-7-13-29(22-34,24-10-11-26(30)27(31)21-24)12-6-14-32-16-18-33(19-17-32)25-8-4-3-5-9-25/h3-5,8-11,20-21H,6-7,12-19,22H2,1-2H3. The second kappa shape index (κ2) is 11.8. The fraction of sp³-hybridized carbons (Fsp3) is 0.483. The maximum absolute atomic E-state index is 12.9. The van der Waals surface area contributed by atoms with Gasteiger partial charge in [-0.25, -0.2) is 0 Å². The van der Waals surface area contributed by atoms with Crippen LogP contribution in [0.25, 0.3) is 0 Å². The van der Waals surface area contributed by atoms with Gasteiger partial charge in [-0.2, -0.15) is 0 Å². The molecule has 0 saturated carbocycles. The molecule has 2 aliphatic heterocycles. The zero-order valence-corrected chi connectivity index (χ0v) is 22.5. The van der Waals surface area contributed by atoms with Gasteiger partial charge in [0.1, 0.15) is 0 Å². The Bertz CT molecular complexity index is 1030. The fourth-order valence-corrected chi connectivity index (χ4v) is 5.88. The summed E-state index contributed by atoms with van der Waals surface area (Å²) in [6.45, 7) is 10.9. The first kappa shape index (κ1) is 26.1. The number of benzene rings is 2. The number of amides is 1. The van der Waals surface area contributed by atoms with E-state index in [1.54, 1.807) is 6.08 Å². The van der Waals surface area contributed by atoms with E-state index in [0.29, 0.717) is 10.0 Å². The van der Waals surface area contributed by atoms with Crippen LogP contribution in [0, 0.1) is 0 Å². The number of halogens is 2. The van der Waals surface area contributed by atoms with Crippen LogP contribution in [0.15, 0.2) is 60.2 Å². The minimum absolute atomic E-state index is 0.0938. The summed E-state index contributed by atoms with van der Waals surface area (Å²) in [6.07, 6.45) is 5.94. The number of hydrogen-bond donors (Lipinski definition) is 0. The van der Waals surface area contributed by atoms with E-state index >= 15 is 0 Å². The van der Waals surface area contributed by atoms with Crippen LogP contribution in [-0.2, 0) is 10.2 Å². The largest absolute Gasteiger partial charge is 0.369 e. The van der Waals surface area contributed by atoms with Crippen LogP contribution in [0.4, 0.5) is 5.69 Å². The zero-order chi connectivity index (χ0) is 24.8. The molecular weight excluding hydrogens is 477 g/mol. The summed E-state index contributed by atoms with van der Waals surface area (Å²) in [5.74, 6) is 0.117. The van der Waals surface area contributed by atoms with Crippen LogP contribution in [0.5, 0.6) is 0 Å². The van der Waals surface area contributed by atoms with Crippen molar-refractivity contribution in [1.29, 1.82) is 0 Å². The molecule has 35 heavy (non-hydrogen) atoms. The van der Waals surface area contributed by atoms with Gasteiger partial charge in [0.15, 0.2) is 0 Å². The second-order valence-electron chi connectivity index (χ2n) is 10.3. The highest BCUT2D eigenvalue weighted by molar-refractivity contribution is 6.42. The van der Waals surface area contributed by atoms with Gasteiger partial charge in [0.05, 0.1) is 10.0 Å². The number of carbonyl (C=O) groups excluding carboxylic acids is 1. The van der Waals surface area contributed by atoms with E-state index in [1.807, 2.05) is 30.9 Å². The lowest BCUT2D eigenvalue weighted by atomic mass is 9.71. The molecule has 1 atom stereocenters. The highest BCUT2D eigenvalue weighted by Gasteiger charge is 2.38. The number of hydrogen-bond acceptors (Lipinski definition) is 3. The van der Waals surface area contributed by atoms with Crippen molar-refractivity contribution in [1.82, 2.24) is 9.80 Å². The van der Waals surface area contributed by atoms with Gasteiger partial charge in [0.2, 0.25) is 5.91 Å². The molecule has 2 aliphatic rings. The van der Waals surface area contributed by atoms with Crippen molar-refractivity contribution in [3.8, 4) is 0 Å². The van der Waals surface area contributed by atoms with Crippen molar-refractivity contribution >= 4 is 34.8 Å². The van der Waals surface area contributed by atoms with Gasteiger partial charge < -0.3 is 9.80 Å². The van der Waals surface area contributed by atoms with Gasteiger partial charge >= 0.3 is 0 Å². The molecule has 2 fully saturated rings. The first-order chi connectivity index (χ1) is 16.9. The molecule has 2 aromatic rings. The van der Waals surface area contributed by atoms with Gasteiger partial charge in [-0.1, -0.05) is 53.0 Å². The summed E-state index contributed by atoms with van der Waals surface area (Å²) in [6, 6.07) is 16.7. The number of anilines is 1. The van der Waals surface area contributed by atoms with Gasteiger partial charge in [-0.3, -0.25) is 9.69 Å². The van der Waals surface area contributed by atoms with Crippen molar-refractivity contribution in [3.63, 3.8) is 0 Å². The molecule has 6 heteroatoms. The number of nitrogens with zero attached hydrogens (tertiary/aromatic N) is 3. The molecule has 2 saturated heterocycles. The van der Waals surface area contributed by atoms with E-state index in [-0.39, 0.29) is 11.3 Å². The Hall–Kier alpha value is -2.01. The van der Waals surface area contributed by atoms with Gasteiger partial charge in [0, 0.05) is 56.4 Å². The molecule has 0 spiro atoms. The Kier molecular flexibility index (Phi) is 8.80. The van der Waals surface area contributed by atoms with Gasteiger partial charge in [0.25, 0.3) is 0 Å². The Labute approximate surface area is 220 Å². The minimum Gasteiger partial charge on any atom is -0.369 e. The molecule has 2 aromatic carbocycles. The van der Waals surface area contributed by atoms with E-state index in [0.717, 1.165) is 77.1 Å². The van der Waals surface area contributed by atoms with Gasteiger partial charge in [-0.05, 0) is 75.9 Å². The van der Waals surface area contributed by atoms with Crippen LogP contribution in [0.1, 0.15) is 45.1 Å². The van der Waals surface area contributed by atoms with Crippen molar-refractivity contribution < 1.29 is 4.79 Å². The summed E-state index contributed by atoms with van der Waals surface area (Å²) in [7, 11) is 0. The lowest BCUT2D eigenvalue weighted by Crippen LogP contribution is -2.49. The van der Waals surface area contributed by atoms with E-state index in [1.165, 1.54) is 11.3 Å². The Morgan fingerprint density at radius 1 is 0.971 bits per heavy atom. The Balaban J connectivity index is 1.42. The molecule has 1 unspecified atom stereocenters. The number of allylic oxidation sites excluding steroid dienone is 1. The number of rotatable bonds is 7. The van der Waals surface area contributed by atoms with Crippen LogP contribution in [-0.4, -0.2) is 61.5 Å². The van der Waals surface area contributed by atoms with Gasteiger partial charge in [-0.15, -0.1) is 0 Å². The molecule has 0 bridgehead atoms. The van der Waals surface area contributed by atoms with E-state index in [9.17, 15) is 4.79 Å². The van der Waals surface area contributed by atoms with E-state index in [4.69, 9.17) is 23.2 Å². The average Bonchev–Trinajstić information content (AvgIpc) is 2.86. The predicted molar refractivity (Wildman–Crippen MR) is 148 cm³/mol. The topological polar surface area (TPSA) is 26.8 Å². The third-order valence-corrected chi connectivity index (χ3v) is 8.20. The number of carbonyl (C=O) groups is 1. The molecule has 0 N–H and O–H groups in total. The van der Waals surface area contributed by atoms with Crippen LogP contribution in [0.2, 0.25) is 10.0 Å². The van der Waals surface area contributed by atoms with Crippen LogP contribution >= 0.6 is 23.2 Å². The molecule has 2 heterocycles. The Morgan fingerprint density at radius 2 is 1.71 bits per heavy atom. The average molecular weight is 515 g/mol. The number of para-hydroxylation sites is 1. The third-order valence-electron chi connectivity index (χ3n) is 7.46. The molecule has 0 radical (unpaired) electrons. The predicted octanol–water partition coefficient (Wildman–Crippen LogP) is 6.42. The molecule has 1 amide bonds. The fourth-order valence-electron chi connectivity index (χ4n) is 5.58. The van der Waals surface area contributed by atoms with Crippen LogP contribution < -0.4 is 4.90 Å². The summed E-state index contributed by atoms with van der Waals surface area (Å²) >= 11 is 12.7. The smallest absolute Gasteiger partial charge is 0.246 e. The van der Waals surface area contributed by atoms with Crippen molar-refractivity contribution in [2.24, 2.45) is 0 Å². The molecular formula is C29H37Cl2N3O. The molecule has 0 aromatic heterocycles. The summed E-state index contributed by atoms with van der Waals surface area (Å²) in [5.41, 5.74) is 3.46. The molecule has 0 aliphatic carbocycles. The SMILES string of the molecule is CC(C)=CC(=O)N1CCCC(CCCN2CCN(c3ccccc3)CC2)(c2ccc(Cl)c(Cl)c2)C1. The highest BCUT2D eigenvalue weighted by Crippen LogP contribution is 2.40. The lowest BCUT2D eigenvalue weighted by Gasteiger charge is -2.44. The zero-order valence-electron chi connectivity index (χ0n) is 21.0. The highest BCUT2D eigenvalue weighted by atomic mass is 35.5. The third kappa shape index (κ3) is 6.61. The first-order valence-corrected chi connectivity index (χ1v) is 13.5. The molecule has 188 valence electrons. The second-order valence-corrected chi connectivity index (χ2v) is 11.1. The van der Waals surface area contributed by atoms with E-state index < -0.39 is 0 Å². The minimum atomic E-state index is -0.0938. The van der Waals surface area contributed by atoms with Crippen LogP contribution in [0.3, 0.4) is 0 Å². The maximum Gasteiger partial charge on any atom is 0.246 e. The quantitative estimate of drug-likeness (QED) is 0.399. The summed E-state index contributed by atoms with van der Waals surface area (Å²) in [5, 5.41) is 1.17. The summed E-state index contributed by atoms with van der Waals surface area (Å²) in [4.78, 5) is 20.0. The first-order valence-electron chi connectivity index (χ1n) is 12.8. The van der Waals surface area contributed by atoms with Crippen molar-refractivity contribution in [2.45, 2.75) is 44.9 Å². The molecule has 4 rings (SSSR count).